The average molecular weight is 840 g/mol. The maximum absolute atomic E-state index is 13.6. The monoisotopic (exact) mass is 839 g/mol. The molecule has 3 aromatic carbocycles. The number of hydrogen-bond acceptors (Lipinski definition) is 9. The Hall–Kier alpha value is -4.75. The second-order valence-electron chi connectivity index (χ2n) is 16.4. The summed E-state index contributed by atoms with van der Waals surface area (Å²) in [6.45, 7) is 13.9. The predicted octanol–water partition coefficient (Wildman–Crippen LogP) is 7.96. The first-order valence-corrected chi connectivity index (χ1v) is 22.1. The lowest BCUT2D eigenvalue weighted by atomic mass is 9.92. The third kappa shape index (κ3) is 15.1. The Kier molecular flexibility index (Phi) is 18.6. The highest BCUT2D eigenvalue weighted by molar-refractivity contribution is 7.99. The fraction of sp³-hybridized carbons (Fsp3) is 0.458. The molecule has 0 unspecified atom stereocenters. The van der Waals surface area contributed by atoms with E-state index >= 15 is 0 Å². The molecule has 60 heavy (non-hydrogen) atoms. The number of aliphatic hydroxyl groups is 2. The van der Waals surface area contributed by atoms with Gasteiger partial charge < -0.3 is 36.2 Å². The Labute approximate surface area is 360 Å². The molecule has 11 nitrogen and oxygen atoms in total. The number of ether oxygens (including phenoxy) is 1. The minimum absolute atomic E-state index is 0.116. The number of nitrogens with two attached hydrogens (primary N) is 1. The van der Waals surface area contributed by atoms with Gasteiger partial charge in [0.1, 0.15) is 0 Å². The molecule has 0 spiro atoms. The molecule has 4 aromatic rings. The van der Waals surface area contributed by atoms with E-state index in [0.717, 1.165) is 30.8 Å². The molecule has 1 aromatic heterocycles. The van der Waals surface area contributed by atoms with Crippen LogP contribution in [-0.4, -0.2) is 82.2 Å². The van der Waals surface area contributed by atoms with Crippen LogP contribution in [0.1, 0.15) is 111 Å². The van der Waals surface area contributed by atoms with Crippen LogP contribution in [-0.2, 0) is 28.1 Å². The molecule has 5 rings (SSSR count). The number of amides is 3. The molecule has 1 aliphatic rings. The van der Waals surface area contributed by atoms with Crippen LogP contribution >= 0.6 is 11.8 Å². The zero-order valence-corrected chi connectivity index (χ0v) is 37.1. The van der Waals surface area contributed by atoms with E-state index in [1.165, 1.54) is 31.9 Å². The van der Waals surface area contributed by atoms with Gasteiger partial charge >= 0.3 is 0 Å². The van der Waals surface area contributed by atoms with Crippen molar-refractivity contribution < 1.29 is 29.3 Å². The molecular weight excluding hydrogens is 775 g/mol. The predicted molar refractivity (Wildman–Crippen MR) is 245 cm³/mol. The number of nitrogens with one attached hydrogen (secondary N) is 2. The number of rotatable bonds is 20. The Morgan fingerprint density at radius 3 is 2.18 bits per heavy atom. The third-order valence-corrected chi connectivity index (χ3v) is 12.2. The summed E-state index contributed by atoms with van der Waals surface area (Å²) in [5, 5.41) is 24.0. The molecule has 1 heterocycles. The van der Waals surface area contributed by atoms with E-state index in [9.17, 15) is 24.6 Å². The van der Waals surface area contributed by atoms with E-state index < -0.39 is 17.6 Å². The minimum atomic E-state index is -0.654. The number of carbonyl (C=O) groups is 3. The Morgan fingerprint density at radius 1 is 0.867 bits per heavy atom. The fourth-order valence-electron chi connectivity index (χ4n) is 6.90. The first-order valence-electron chi connectivity index (χ1n) is 21.1. The molecule has 0 bridgehead atoms. The summed E-state index contributed by atoms with van der Waals surface area (Å²) in [6, 6.07) is 24.7. The van der Waals surface area contributed by atoms with Gasteiger partial charge in [-0.25, -0.2) is 0 Å². The van der Waals surface area contributed by atoms with Crippen LogP contribution in [0.5, 0.6) is 0 Å². The lowest BCUT2D eigenvalue weighted by molar-refractivity contribution is -0.124. The van der Waals surface area contributed by atoms with Crippen molar-refractivity contribution in [2.45, 2.75) is 109 Å². The molecule has 0 aliphatic heterocycles. The van der Waals surface area contributed by atoms with Gasteiger partial charge in [0.25, 0.3) is 5.91 Å². The van der Waals surface area contributed by atoms with Crippen molar-refractivity contribution in [2.75, 3.05) is 43.1 Å². The van der Waals surface area contributed by atoms with Crippen molar-refractivity contribution in [3.05, 3.63) is 113 Å². The summed E-state index contributed by atoms with van der Waals surface area (Å²) < 4.78 is 6.03. The van der Waals surface area contributed by atoms with Crippen LogP contribution in [0.3, 0.4) is 0 Å². The molecular formula is C48H65N5O6S. The topological polar surface area (TPSA) is 167 Å². The number of nitrogens with zero attached hydrogens (tertiary/aromatic N) is 2. The Balaban J connectivity index is 0.000000683. The van der Waals surface area contributed by atoms with Crippen LogP contribution in [0.2, 0.25) is 0 Å². The lowest BCUT2D eigenvalue weighted by Gasteiger charge is -2.29. The second kappa shape index (κ2) is 23.3. The van der Waals surface area contributed by atoms with E-state index in [4.69, 9.17) is 10.5 Å². The summed E-state index contributed by atoms with van der Waals surface area (Å²) in [5.41, 5.74) is 12.8. The number of carbonyl (C=O) groups excluding carboxylic acids is 3. The number of aryl methyl sites for hydroxylation is 2. The molecule has 6 N–H and O–H groups in total. The van der Waals surface area contributed by atoms with E-state index in [-0.39, 0.29) is 36.2 Å². The molecule has 324 valence electrons. The van der Waals surface area contributed by atoms with E-state index in [1.54, 1.807) is 41.1 Å². The smallest absolute Gasteiger partial charge is 0.255 e. The fourth-order valence-corrected chi connectivity index (χ4v) is 7.87. The number of pyridine rings is 1. The summed E-state index contributed by atoms with van der Waals surface area (Å²) in [5.74, 6) is -0.348. The minimum Gasteiger partial charge on any atom is -0.394 e. The van der Waals surface area contributed by atoms with Crippen molar-refractivity contribution in [1.82, 2.24) is 10.3 Å². The molecule has 0 fully saturated rings. The van der Waals surface area contributed by atoms with Gasteiger partial charge in [-0.1, -0.05) is 50.2 Å². The molecule has 0 saturated heterocycles. The number of aromatic nitrogens is 1. The van der Waals surface area contributed by atoms with Crippen molar-refractivity contribution >= 4 is 40.9 Å². The zero-order valence-electron chi connectivity index (χ0n) is 36.3. The standard InChI is InChI=1S/C38H53N5O6S.C10H12/c1-7-43(8-2)30-12-13-32(31(22-30)33-21-27(35(39)47)15-18-40-33)42-36(48)28-11-9-10-26(20-28)25-50-38(5,6)17-19-49-37(3,4)16-14-34(46)41-29(23-44)24-45;1-2-6-10-8-4-3-7-9(10)5-1/h9-13,15,18,20-22,29,44-45H,7-8,14,16-17,19,23-25H2,1-6H3,(H2,39,47)(H,41,46)(H,42,48);1-2,5-6H,3-4,7-8H2. The molecule has 12 heteroatoms. The zero-order chi connectivity index (χ0) is 43.7. The Morgan fingerprint density at radius 2 is 1.55 bits per heavy atom. The van der Waals surface area contributed by atoms with Crippen molar-refractivity contribution in [2.24, 2.45) is 5.73 Å². The summed E-state index contributed by atoms with van der Waals surface area (Å²) in [6.07, 6.45) is 8.43. The van der Waals surface area contributed by atoms with Gasteiger partial charge in [-0.05, 0) is 125 Å². The molecule has 0 radical (unpaired) electrons. The highest BCUT2D eigenvalue weighted by Gasteiger charge is 2.24. The molecule has 0 atom stereocenters. The summed E-state index contributed by atoms with van der Waals surface area (Å²) in [7, 11) is 0. The van der Waals surface area contributed by atoms with Crippen molar-refractivity contribution in [3.8, 4) is 11.3 Å². The van der Waals surface area contributed by atoms with E-state index in [2.05, 4.69) is 72.5 Å². The van der Waals surface area contributed by atoms with E-state index in [1.807, 2.05) is 50.2 Å². The largest absolute Gasteiger partial charge is 0.394 e. The van der Waals surface area contributed by atoms with E-state index in [0.29, 0.717) is 46.9 Å². The molecule has 1 aliphatic carbocycles. The number of benzene rings is 3. The maximum atomic E-state index is 13.6. The van der Waals surface area contributed by atoms with Crippen molar-refractivity contribution in [1.29, 1.82) is 0 Å². The molecule has 3 amide bonds. The average Bonchev–Trinajstić information content (AvgIpc) is 3.25. The third-order valence-electron chi connectivity index (χ3n) is 10.7. The van der Waals surface area contributed by atoms with Gasteiger partial charge in [-0.15, -0.1) is 0 Å². The SMILES string of the molecule is CCN(CC)c1ccc(NC(=O)c2cccc(CSC(C)(C)CCOC(C)(C)CCC(=O)NC(CO)CO)c2)c(-c2cc(C(N)=O)ccn2)c1.c1ccc2c(c1)CCCC2. The van der Waals surface area contributed by atoms with Gasteiger partial charge in [0.2, 0.25) is 11.8 Å². The first-order chi connectivity index (χ1) is 28.7. The Bertz CT molecular complexity index is 1990. The maximum Gasteiger partial charge on any atom is 0.255 e. The number of anilines is 2. The van der Waals surface area contributed by atoms with Gasteiger partial charge in [0.15, 0.2) is 0 Å². The number of hydrogen-bond donors (Lipinski definition) is 5. The number of primary amides is 1. The van der Waals surface area contributed by atoms with Crippen LogP contribution in [0, 0.1) is 0 Å². The number of aliphatic hydroxyl groups excluding tert-OH is 2. The van der Waals surface area contributed by atoms with Gasteiger partial charge in [-0.3, -0.25) is 19.4 Å². The summed E-state index contributed by atoms with van der Waals surface area (Å²) >= 11 is 1.77. The normalized spacial score (nSPS) is 12.6. The van der Waals surface area contributed by atoms with Gasteiger partial charge in [0, 0.05) is 65.2 Å². The van der Waals surface area contributed by atoms with Gasteiger partial charge in [-0.2, -0.15) is 11.8 Å². The highest BCUT2D eigenvalue weighted by atomic mass is 32.2. The van der Waals surface area contributed by atoms with Crippen LogP contribution in [0.4, 0.5) is 11.4 Å². The van der Waals surface area contributed by atoms with Crippen LogP contribution in [0.25, 0.3) is 11.3 Å². The first kappa shape index (κ1) is 47.9. The molecule has 0 saturated carbocycles. The van der Waals surface area contributed by atoms with Crippen molar-refractivity contribution in [3.63, 3.8) is 0 Å². The number of thioether (sulfide) groups is 1. The summed E-state index contributed by atoms with van der Waals surface area (Å²) in [4.78, 5) is 44.3. The lowest BCUT2D eigenvalue weighted by Crippen LogP contribution is -2.40. The number of fused-ring (bicyclic) bond motifs is 1. The quantitative estimate of drug-likeness (QED) is 0.0594. The van der Waals surface area contributed by atoms with Crippen LogP contribution in [0.15, 0.2) is 85.1 Å². The van der Waals surface area contributed by atoms with Gasteiger partial charge in [0.05, 0.1) is 36.2 Å². The van der Waals surface area contributed by atoms with Crippen LogP contribution < -0.4 is 21.3 Å². The second-order valence-corrected chi connectivity index (χ2v) is 18.0. The highest BCUT2D eigenvalue weighted by Crippen LogP contribution is 2.34.